The molecular weight excluding hydrogens is 601 g/mol. The van der Waals surface area contributed by atoms with E-state index in [0.717, 1.165) is 49.6 Å². The molecule has 0 fully saturated rings. The molecule has 0 N–H and O–H groups in total. The third kappa shape index (κ3) is 4.45. The number of anilines is 1. The summed E-state index contributed by atoms with van der Waals surface area (Å²) in [5, 5.41) is 2.17. The van der Waals surface area contributed by atoms with Crippen LogP contribution in [0.2, 0.25) is 0 Å². The molecule has 0 radical (unpaired) electrons. The highest BCUT2D eigenvalue weighted by molar-refractivity contribution is 6.37. The number of carbonyl (C=O) groups is 2. The molecule has 0 aliphatic carbocycles. The summed E-state index contributed by atoms with van der Waals surface area (Å²) >= 11 is 0. The number of hydrogen-bond donors (Lipinski definition) is 0. The molecule has 4 nitrogen and oxygen atoms in total. The normalized spacial score (nSPS) is 12.6. The third-order valence-corrected chi connectivity index (χ3v) is 9.69. The van der Waals surface area contributed by atoms with Crippen LogP contribution >= 0.6 is 0 Å². The maximum atomic E-state index is 14.9. The highest BCUT2D eigenvalue weighted by atomic mass is 16.2. The number of aromatic nitrogens is 1. The van der Waals surface area contributed by atoms with Gasteiger partial charge in [0.25, 0.3) is 11.8 Å². The Kier molecular flexibility index (Phi) is 6.63. The molecule has 0 spiro atoms. The number of aryl methyl sites for hydroxylation is 1. The van der Waals surface area contributed by atoms with E-state index in [1.165, 1.54) is 16.0 Å². The van der Waals surface area contributed by atoms with Gasteiger partial charge in [0.05, 0.1) is 33.5 Å². The number of imide groups is 1. The Balaban J connectivity index is 1.27. The first kappa shape index (κ1) is 28.7. The van der Waals surface area contributed by atoms with Crippen molar-refractivity contribution in [2.24, 2.45) is 0 Å². The predicted molar refractivity (Wildman–Crippen MR) is 199 cm³/mol. The summed E-state index contributed by atoms with van der Waals surface area (Å²) < 4.78 is 2.14. The Hall–Kier alpha value is -6.52. The fraction of sp³-hybridized carbons (Fsp3) is 0.0222. The van der Waals surface area contributed by atoms with E-state index in [1.54, 1.807) is 6.07 Å². The number of benzene rings is 7. The maximum Gasteiger partial charge on any atom is 0.268 e. The molecule has 9 rings (SSSR count). The van der Waals surface area contributed by atoms with Gasteiger partial charge < -0.3 is 4.57 Å². The van der Waals surface area contributed by atoms with Crippen molar-refractivity contribution in [1.82, 2.24) is 4.57 Å². The van der Waals surface area contributed by atoms with Gasteiger partial charge in [-0.3, -0.25) is 9.59 Å². The predicted octanol–water partition coefficient (Wildman–Crippen LogP) is 10.9. The maximum absolute atomic E-state index is 14.9. The number of hydrogen-bond acceptors (Lipinski definition) is 2. The van der Waals surface area contributed by atoms with Gasteiger partial charge in [-0.05, 0) is 65.1 Å². The molecule has 7 aromatic carbocycles. The average Bonchev–Trinajstić information content (AvgIpc) is 3.62. The molecule has 1 aliphatic rings. The quantitative estimate of drug-likeness (QED) is 0.178. The Morgan fingerprint density at radius 2 is 1.00 bits per heavy atom. The highest BCUT2D eigenvalue weighted by Gasteiger charge is 2.41. The summed E-state index contributed by atoms with van der Waals surface area (Å²) in [6.07, 6.45) is 0. The zero-order valence-corrected chi connectivity index (χ0v) is 26.8. The molecule has 2 heterocycles. The lowest BCUT2D eigenvalue weighted by Gasteiger charge is -2.23. The van der Waals surface area contributed by atoms with Gasteiger partial charge in [0, 0.05) is 21.9 Å². The lowest BCUT2D eigenvalue weighted by Crippen LogP contribution is -2.30. The minimum absolute atomic E-state index is 0.329. The summed E-state index contributed by atoms with van der Waals surface area (Å²) in [5.41, 5.74) is 11.0. The zero-order valence-electron chi connectivity index (χ0n) is 26.8. The second-order valence-electron chi connectivity index (χ2n) is 12.5. The fourth-order valence-corrected chi connectivity index (χ4v) is 7.44. The molecule has 232 valence electrons. The number of para-hydroxylation sites is 2. The number of fused-ring (bicyclic) bond motifs is 4. The SMILES string of the molecule is Cc1ccccc1-c1ccc2c(c1)c1ccccc1n2-c1cccc2c1C(=O)N(c1c(-c3ccccc3)cccc1-c1ccccc1)C2=O. The van der Waals surface area contributed by atoms with Crippen LogP contribution in [0.1, 0.15) is 26.3 Å². The minimum atomic E-state index is -0.335. The lowest BCUT2D eigenvalue weighted by atomic mass is 9.95. The minimum Gasteiger partial charge on any atom is -0.308 e. The second-order valence-corrected chi connectivity index (χ2v) is 12.5. The van der Waals surface area contributed by atoms with E-state index in [0.29, 0.717) is 22.5 Å². The van der Waals surface area contributed by atoms with Crippen molar-refractivity contribution in [3.8, 4) is 39.1 Å². The summed E-state index contributed by atoms with van der Waals surface area (Å²) in [6, 6.07) is 54.6. The Morgan fingerprint density at radius 1 is 0.429 bits per heavy atom. The zero-order chi connectivity index (χ0) is 33.1. The van der Waals surface area contributed by atoms with Gasteiger partial charge >= 0.3 is 0 Å². The topological polar surface area (TPSA) is 42.3 Å². The first-order valence-electron chi connectivity index (χ1n) is 16.5. The molecule has 2 amide bonds. The molecule has 1 aromatic heterocycles. The molecule has 0 saturated heterocycles. The van der Waals surface area contributed by atoms with E-state index in [9.17, 15) is 9.59 Å². The van der Waals surface area contributed by atoms with Crippen LogP contribution in [0.3, 0.4) is 0 Å². The van der Waals surface area contributed by atoms with Gasteiger partial charge in [0.2, 0.25) is 0 Å². The van der Waals surface area contributed by atoms with Crippen LogP contribution in [-0.2, 0) is 0 Å². The van der Waals surface area contributed by atoms with Crippen LogP contribution in [0.4, 0.5) is 5.69 Å². The summed E-state index contributed by atoms with van der Waals surface area (Å²) in [6.45, 7) is 2.13. The number of nitrogens with zero attached hydrogens (tertiary/aromatic N) is 2. The highest BCUT2D eigenvalue weighted by Crippen LogP contribution is 2.45. The molecule has 0 bridgehead atoms. The Bertz CT molecular complexity index is 2540. The van der Waals surface area contributed by atoms with Crippen LogP contribution in [0.5, 0.6) is 0 Å². The van der Waals surface area contributed by atoms with Crippen molar-refractivity contribution in [1.29, 1.82) is 0 Å². The third-order valence-electron chi connectivity index (χ3n) is 9.69. The standard InChI is InChI=1S/C45H30N2O2/c1-29-14-8-9-19-33(29)32-26-27-40-38(28-32)36-20-10-11-24-39(36)46(40)41-25-13-23-37-42(41)45(49)47(44(37)48)43-34(30-15-4-2-5-16-30)21-12-22-35(43)31-17-6-3-7-18-31/h2-28H,1H3. The molecule has 4 heteroatoms. The van der Waals surface area contributed by atoms with Gasteiger partial charge in [0.15, 0.2) is 0 Å². The monoisotopic (exact) mass is 630 g/mol. The Morgan fingerprint density at radius 3 is 1.71 bits per heavy atom. The van der Waals surface area contributed by atoms with Crippen molar-refractivity contribution in [3.63, 3.8) is 0 Å². The molecule has 49 heavy (non-hydrogen) atoms. The smallest absolute Gasteiger partial charge is 0.268 e. The lowest BCUT2D eigenvalue weighted by molar-refractivity contribution is 0.0926. The van der Waals surface area contributed by atoms with E-state index in [-0.39, 0.29) is 11.8 Å². The number of carbonyl (C=O) groups excluding carboxylic acids is 2. The molecular formula is C45H30N2O2. The van der Waals surface area contributed by atoms with Crippen molar-refractivity contribution >= 4 is 39.3 Å². The van der Waals surface area contributed by atoms with Crippen LogP contribution in [0.25, 0.3) is 60.9 Å². The summed E-state index contributed by atoms with van der Waals surface area (Å²) in [4.78, 5) is 30.9. The number of rotatable bonds is 5. The van der Waals surface area contributed by atoms with Crippen LogP contribution < -0.4 is 4.90 Å². The van der Waals surface area contributed by atoms with Gasteiger partial charge in [-0.2, -0.15) is 0 Å². The van der Waals surface area contributed by atoms with Gasteiger partial charge in [0.1, 0.15) is 0 Å². The molecule has 1 aliphatic heterocycles. The molecule has 8 aromatic rings. The second kappa shape index (κ2) is 11.3. The van der Waals surface area contributed by atoms with E-state index < -0.39 is 0 Å². The van der Waals surface area contributed by atoms with Crippen molar-refractivity contribution < 1.29 is 9.59 Å². The van der Waals surface area contributed by atoms with Gasteiger partial charge in [-0.15, -0.1) is 0 Å². The largest absolute Gasteiger partial charge is 0.308 e. The van der Waals surface area contributed by atoms with E-state index in [2.05, 4.69) is 66.1 Å². The van der Waals surface area contributed by atoms with E-state index in [1.807, 2.05) is 103 Å². The first-order chi connectivity index (χ1) is 24.1. The van der Waals surface area contributed by atoms with Crippen LogP contribution in [0, 0.1) is 6.92 Å². The van der Waals surface area contributed by atoms with Gasteiger partial charge in [-0.25, -0.2) is 4.90 Å². The van der Waals surface area contributed by atoms with Gasteiger partial charge in [-0.1, -0.05) is 133 Å². The first-order valence-corrected chi connectivity index (χ1v) is 16.5. The summed E-state index contributed by atoms with van der Waals surface area (Å²) in [5.74, 6) is -0.663. The van der Waals surface area contributed by atoms with E-state index >= 15 is 0 Å². The molecule has 0 unspecified atom stereocenters. The van der Waals surface area contributed by atoms with Crippen LogP contribution in [0.15, 0.2) is 164 Å². The average molecular weight is 631 g/mol. The number of amides is 2. The molecule has 0 atom stereocenters. The van der Waals surface area contributed by atoms with Crippen molar-refractivity contribution in [2.75, 3.05) is 4.90 Å². The van der Waals surface area contributed by atoms with Crippen molar-refractivity contribution in [2.45, 2.75) is 6.92 Å². The molecule has 0 saturated carbocycles. The fourth-order valence-electron chi connectivity index (χ4n) is 7.44. The van der Waals surface area contributed by atoms with E-state index in [4.69, 9.17) is 0 Å². The Labute approximate surface area is 284 Å². The van der Waals surface area contributed by atoms with Crippen molar-refractivity contribution in [3.05, 3.63) is 180 Å². The van der Waals surface area contributed by atoms with Crippen LogP contribution in [-0.4, -0.2) is 16.4 Å². The summed E-state index contributed by atoms with van der Waals surface area (Å²) in [7, 11) is 0.